The smallest absolute Gasteiger partial charge is 0.123 e. The molecule has 0 radical (unpaired) electrons. The van der Waals surface area contributed by atoms with Crippen molar-refractivity contribution < 1.29 is 9.50 Å². The van der Waals surface area contributed by atoms with Gasteiger partial charge >= 0.3 is 0 Å². The lowest BCUT2D eigenvalue weighted by molar-refractivity contribution is 0.175. The molecule has 0 aliphatic heterocycles. The summed E-state index contributed by atoms with van der Waals surface area (Å²) in [5, 5.41) is 12.6. The Bertz CT molecular complexity index is 734. The summed E-state index contributed by atoms with van der Waals surface area (Å²) in [6, 6.07) is 20.7. The van der Waals surface area contributed by atoms with Crippen molar-refractivity contribution in [3.05, 3.63) is 83.7 Å². The standard InChI is InChI=1S/C19H17FO/c20-18-9-6-14(7-10-18)12-19(21)13-15-5-8-16-3-1-2-4-17(16)11-15/h1-11,19,21H,12-13H2. The molecule has 2 heteroatoms. The number of benzene rings is 3. The van der Waals surface area contributed by atoms with Gasteiger partial charge in [-0.2, -0.15) is 0 Å². The minimum absolute atomic E-state index is 0.247. The van der Waals surface area contributed by atoms with E-state index in [1.54, 1.807) is 12.1 Å². The van der Waals surface area contributed by atoms with Crippen LogP contribution in [0.25, 0.3) is 10.8 Å². The predicted octanol–water partition coefficient (Wildman–Crippen LogP) is 4.13. The Labute approximate surface area is 123 Å². The molecule has 1 nitrogen and oxygen atoms in total. The summed E-state index contributed by atoms with van der Waals surface area (Å²) in [5.41, 5.74) is 2.06. The normalized spacial score (nSPS) is 12.5. The highest BCUT2D eigenvalue weighted by Crippen LogP contribution is 2.17. The maximum atomic E-state index is 12.9. The minimum Gasteiger partial charge on any atom is -0.392 e. The zero-order chi connectivity index (χ0) is 14.7. The van der Waals surface area contributed by atoms with Crippen LogP contribution in [0.3, 0.4) is 0 Å². The largest absolute Gasteiger partial charge is 0.392 e. The van der Waals surface area contributed by atoms with Gasteiger partial charge in [-0.1, -0.05) is 54.6 Å². The molecule has 0 saturated carbocycles. The molecular weight excluding hydrogens is 263 g/mol. The first-order valence-electron chi connectivity index (χ1n) is 7.11. The quantitative estimate of drug-likeness (QED) is 0.762. The molecule has 3 aromatic carbocycles. The first-order chi connectivity index (χ1) is 10.2. The number of rotatable bonds is 4. The van der Waals surface area contributed by atoms with E-state index in [9.17, 15) is 9.50 Å². The van der Waals surface area contributed by atoms with Crippen molar-refractivity contribution in [3.8, 4) is 0 Å². The van der Waals surface area contributed by atoms with Crippen LogP contribution in [0, 0.1) is 5.82 Å². The van der Waals surface area contributed by atoms with E-state index in [0.29, 0.717) is 12.8 Å². The molecule has 0 saturated heterocycles. The van der Waals surface area contributed by atoms with Gasteiger partial charge in [0.1, 0.15) is 5.82 Å². The lowest BCUT2D eigenvalue weighted by Crippen LogP contribution is -2.13. The van der Waals surface area contributed by atoms with E-state index in [4.69, 9.17) is 0 Å². The van der Waals surface area contributed by atoms with Crippen LogP contribution in [-0.2, 0) is 12.8 Å². The van der Waals surface area contributed by atoms with Crippen LogP contribution in [0.5, 0.6) is 0 Å². The molecule has 3 rings (SSSR count). The van der Waals surface area contributed by atoms with Gasteiger partial charge in [-0.3, -0.25) is 0 Å². The Morgan fingerprint density at radius 1 is 0.762 bits per heavy atom. The zero-order valence-corrected chi connectivity index (χ0v) is 11.7. The van der Waals surface area contributed by atoms with Gasteiger partial charge < -0.3 is 5.11 Å². The van der Waals surface area contributed by atoms with Crippen LogP contribution in [0.15, 0.2) is 66.7 Å². The summed E-state index contributed by atoms with van der Waals surface area (Å²) < 4.78 is 12.9. The SMILES string of the molecule is OC(Cc1ccc(F)cc1)Cc1ccc2ccccc2c1. The Morgan fingerprint density at radius 3 is 2.14 bits per heavy atom. The van der Waals surface area contributed by atoms with E-state index in [1.807, 2.05) is 12.1 Å². The molecule has 1 N–H and O–H groups in total. The van der Waals surface area contributed by atoms with Crippen molar-refractivity contribution in [2.45, 2.75) is 18.9 Å². The number of hydrogen-bond donors (Lipinski definition) is 1. The van der Waals surface area contributed by atoms with Gasteiger partial charge in [0.2, 0.25) is 0 Å². The first-order valence-corrected chi connectivity index (χ1v) is 7.11. The summed E-state index contributed by atoms with van der Waals surface area (Å²) in [4.78, 5) is 0. The highest BCUT2D eigenvalue weighted by atomic mass is 19.1. The zero-order valence-electron chi connectivity index (χ0n) is 11.7. The van der Waals surface area contributed by atoms with Crippen LogP contribution in [-0.4, -0.2) is 11.2 Å². The van der Waals surface area contributed by atoms with Crippen molar-refractivity contribution in [2.75, 3.05) is 0 Å². The monoisotopic (exact) mass is 280 g/mol. The Hall–Kier alpha value is -2.19. The molecule has 0 heterocycles. The third-order valence-electron chi connectivity index (χ3n) is 3.67. The second-order valence-corrected chi connectivity index (χ2v) is 5.37. The molecule has 0 amide bonds. The Morgan fingerprint density at radius 2 is 1.38 bits per heavy atom. The van der Waals surface area contributed by atoms with E-state index in [2.05, 4.69) is 30.3 Å². The van der Waals surface area contributed by atoms with E-state index in [1.165, 1.54) is 22.9 Å². The summed E-state index contributed by atoms with van der Waals surface area (Å²) >= 11 is 0. The van der Waals surface area contributed by atoms with E-state index in [0.717, 1.165) is 11.1 Å². The molecule has 3 aromatic rings. The van der Waals surface area contributed by atoms with E-state index < -0.39 is 6.10 Å². The summed E-state index contributed by atoms with van der Waals surface area (Å²) in [6.45, 7) is 0. The molecule has 0 aromatic heterocycles. The number of fused-ring (bicyclic) bond motifs is 1. The van der Waals surface area contributed by atoms with Crippen LogP contribution in [0.1, 0.15) is 11.1 Å². The van der Waals surface area contributed by atoms with Crippen LogP contribution in [0.4, 0.5) is 4.39 Å². The second kappa shape index (κ2) is 6.06. The lowest BCUT2D eigenvalue weighted by atomic mass is 9.99. The average molecular weight is 280 g/mol. The Balaban J connectivity index is 1.70. The van der Waals surface area contributed by atoms with Crippen molar-refractivity contribution in [2.24, 2.45) is 0 Å². The maximum absolute atomic E-state index is 12.9. The Kier molecular flexibility index (Phi) is 3.98. The fraction of sp³-hybridized carbons (Fsp3) is 0.158. The highest BCUT2D eigenvalue weighted by Gasteiger charge is 2.07. The number of hydrogen-bond acceptors (Lipinski definition) is 1. The van der Waals surface area contributed by atoms with Crippen molar-refractivity contribution in [1.29, 1.82) is 0 Å². The molecule has 0 bridgehead atoms. The van der Waals surface area contributed by atoms with Gasteiger partial charge in [-0.05, 0) is 46.9 Å². The van der Waals surface area contributed by atoms with E-state index in [-0.39, 0.29) is 5.82 Å². The van der Waals surface area contributed by atoms with Crippen molar-refractivity contribution in [3.63, 3.8) is 0 Å². The maximum Gasteiger partial charge on any atom is 0.123 e. The molecule has 0 aliphatic carbocycles. The first kappa shape index (κ1) is 13.8. The molecule has 0 aliphatic rings. The fourth-order valence-corrected chi connectivity index (χ4v) is 2.60. The van der Waals surface area contributed by atoms with Crippen LogP contribution in [0.2, 0.25) is 0 Å². The van der Waals surface area contributed by atoms with Crippen molar-refractivity contribution >= 4 is 10.8 Å². The second-order valence-electron chi connectivity index (χ2n) is 5.37. The topological polar surface area (TPSA) is 20.2 Å². The van der Waals surface area contributed by atoms with Gasteiger partial charge in [-0.25, -0.2) is 4.39 Å². The number of aliphatic hydroxyl groups excluding tert-OH is 1. The summed E-state index contributed by atoms with van der Waals surface area (Å²) in [6.07, 6.45) is 0.673. The van der Waals surface area contributed by atoms with Crippen molar-refractivity contribution in [1.82, 2.24) is 0 Å². The molecule has 1 unspecified atom stereocenters. The molecule has 106 valence electrons. The molecule has 1 atom stereocenters. The van der Waals surface area contributed by atoms with Crippen LogP contribution >= 0.6 is 0 Å². The van der Waals surface area contributed by atoms with Crippen LogP contribution < -0.4 is 0 Å². The summed E-state index contributed by atoms with van der Waals surface area (Å²) in [7, 11) is 0. The van der Waals surface area contributed by atoms with Gasteiger partial charge in [0, 0.05) is 0 Å². The molecule has 21 heavy (non-hydrogen) atoms. The highest BCUT2D eigenvalue weighted by molar-refractivity contribution is 5.82. The third kappa shape index (κ3) is 3.47. The molecular formula is C19H17FO. The van der Waals surface area contributed by atoms with Gasteiger partial charge in [-0.15, -0.1) is 0 Å². The average Bonchev–Trinajstić information content (AvgIpc) is 2.49. The molecule has 0 spiro atoms. The van der Waals surface area contributed by atoms with Gasteiger partial charge in [0.25, 0.3) is 0 Å². The third-order valence-corrected chi connectivity index (χ3v) is 3.67. The predicted molar refractivity (Wildman–Crippen MR) is 83.8 cm³/mol. The fourth-order valence-electron chi connectivity index (χ4n) is 2.60. The number of halogens is 1. The molecule has 0 fully saturated rings. The minimum atomic E-state index is -0.461. The van der Waals surface area contributed by atoms with Gasteiger partial charge in [0.15, 0.2) is 0 Å². The van der Waals surface area contributed by atoms with E-state index >= 15 is 0 Å². The summed E-state index contributed by atoms with van der Waals surface area (Å²) in [5.74, 6) is -0.247. The lowest BCUT2D eigenvalue weighted by Gasteiger charge is -2.11. The van der Waals surface area contributed by atoms with Gasteiger partial charge in [0.05, 0.1) is 6.10 Å². The number of aliphatic hydroxyl groups is 1.